The van der Waals surface area contributed by atoms with Crippen molar-refractivity contribution in [3.8, 4) is 5.75 Å². The molecule has 11 nitrogen and oxygen atoms in total. The summed E-state index contributed by atoms with van der Waals surface area (Å²) in [6.07, 6.45) is 0.449. The summed E-state index contributed by atoms with van der Waals surface area (Å²) in [5.41, 5.74) is 0.219. The summed E-state index contributed by atoms with van der Waals surface area (Å²) in [6, 6.07) is 4.40. The van der Waals surface area contributed by atoms with E-state index in [4.69, 9.17) is 4.74 Å². The van der Waals surface area contributed by atoms with Gasteiger partial charge < -0.3 is 30.7 Å². The fourth-order valence-corrected chi connectivity index (χ4v) is 4.56. The lowest BCUT2D eigenvalue weighted by molar-refractivity contribution is -0.139. The molecule has 198 valence electrons. The Morgan fingerprint density at radius 3 is 2.69 bits per heavy atom. The van der Waals surface area contributed by atoms with Crippen LogP contribution in [-0.2, 0) is 14.4 Å². The van der Waals surface area contributed by atoms with Gasteiger partial charge >= 0.3 is 0 Å². The number of carbonyl (C=O) groups excluding carboxylic acids is 4. The van der Waals surface area contributed by atoms with Gasteiger partial charge in [-0.15, -0.1) is 0 Å². The predicted molar refractivity (Wildman–Crippen MR) is 132 cm³/mol. The first-order valence-electron chi connectivity index (χ1n) is 12.5. The van der Waals surface area contributed by atoms with Crippen LogP contribution in [0.2, 0.25) is 0 Å². The van der Waals surface area contributed by atoms with Gasteiger partial charge in [0.2, 0.25) is 17.7 Å². The van der Waals surface area contributed by atoms with Gasteiger partial charge in [0.05, 0.1) is 24.6 Å². The number of benzene rings is 1. The van der Waals surface area contributed by atoms with E-state index in [-0.39, 0.29) is 24.8 Å². The Kier molecular flexibility index (Phi) is 9.65. The van der Waals surface area contributed by atoms with Gasteiger partial charge in [0.1, 0.15) is 24.4 Å². The Bertz CT molecular complexity index is 955. The molecule has 0 aliphatic carbocycles. The SMILES string of the molecule is CCN1CCC[C@H]1CNC(=O)[C@@H]1CC(=O)N[C@@H]([C@@H](C)O)C(=O)N(C)CCOc2ccccc2C(=O)N1. The van der Waals surface area contributed by atoms with Crippen molar-refractivity contribution < 1.29 is 29.0 Å². The average molecular weight is 504 g/mol. The lowest BCUT2D eigenvalue weighted by Gasteiger charge is -2.28. The number of nitrogens with zero attached hydrogens (tertiary/aromatic N) is 2. The van der Waals surface area contributed by atoms with Crippen LogP contribution in [0, 0.1) is 0 Å². The highest BCUT2D eigenvalue weighted by Gasteiger charge is 2.32. The maximum atomic E-state index is 13.1. The second-order valence-corrected chi connectivity index (χ2v) is 9.29. The van der Waals surface area contributed by atoms with Gasteiger partial charge in [0, 0.05) is 19.6 Å². The maximum Gasteiger partial charge on any atom is 0.255 e. The van der Waals surface area contributed by atoms with Crippen LogP contribution in [0.5, 0.6) is 5.75 Å². The van der Waals surface area contributed by atoms with Crippen molar-refractivity contribution in [2.24, 2.45) is 0 Å². The van der Waals surface area contributed by atoms with Crippen LogP contribution in [0.4, 0.5) is 0 Å². The topological polar surface area (TPSA) is 140 Å². The molecule has 0 radical (unpaired) electrons. The fraction of sp³-hybridized carbons (Fsp3) is 0.600. The lowest BCUT2D eigenvalue weighted by atomic mass is 10.1. The lowest BCUT2D eigenvalue weighted by Crippen LogP contribution is -2.56. The maximum absolute atomic E-state index is 13.1. The molecule has 36 heavy (non-hydrogen) atoms. The molecule has 0 spiro atoms. The standard InChI is InChI=1S/C25H37N5O6/c1-4-30-11-7-8-17(30)15-26-24(34)19-14-21(32)28-22(16(2)31)25(35)29(3)12-13-36-20-10-6-5-9-18(20)23(33)27-19/h5-6,9-10,16-17,19,22,31H,4,7-8,11-15H2,1-3H3,(H,26,34)(H,27,33)(H,28,32)/t16-,17+,19+,22+/m1/s1. The van der Waals surface area contributed by atoms with Crippen LogP contribution < -0.4 is 20.7 Å². The van der Waals surface area contributed by atoms with E-state index in [9.17, 15) is 24.3 Å². The van der Waals surface area contributed by atoms with E-state index < -0.39 is 48.2 Å². The van der Waals surface area contributed by atoms with Gasteiger partial charge in [-0.05, 0) is 45.0 Å². The molecular formula is C25H37N5O6. The molecule has 0 unspecified atom stereocenters. The van der Waals surface area contributed by atoms with Crippen LogP contribution >= 0.6 is 0 Å². The zero-order valence-electron chi connectivity index (χ0n) is 21.2. The Balaban J connectivity index is 1.83. The number of para-hydroxylation sites is 1. The second kappa shape index (κ2) is 12.7. The summed E-state index contributed by atoms with van der Waals surface area (Å²) in [5, 5.41) is 18.2. The monoisotopic (exact) mass is 503 g/mol. The van der Waals surface area contributed by atoms with Gasteiger partial charge in [-0.3, -0.25) is 24.1 Å². The molecule has 2 aliphatic heterocycles. The molecule has 1 aromatic rings. The van der Waals surface area contributed by atoms with Gasteiger partial charge in [-0.1, -0.05) is 19.1 Å². The Labute approximate surface area is 211 Å². The number of nitrogens with one attached hydrogen (secondary N) is 3. The molecule has 4 amide bonds. The Morgan fingerprint density at radius 2 is 1.97 bits per heavy atom. The third-order valence-electron chi connectivity index (χ3n) is 6.69. The smallest absolute Gasteiger partial charge is 0.255 e. The zero-order chi connectivity index (χ0) is 26.2. The number of likely N-dealkylation sites (tertiary alicyclic amines) is 1. The highest BCUT2D eigenvalue weighted by Crippen LogP contribution is 2.19. The number of amides is 4. The number of fused-ring (bicyclic) bond motifs is 1. The second-order valence-electron chi connectivity index (χ2n) is 9.29. The van der Waals surface area contributed by atoms with E-state index >= 15 is 0 Å². The predicted octanol–water partition coefficient (Wildman–Crippen LogP) is -0.508. The molecule has 1 aromatic carbocycles. The molecule has 4 N–H and O–H groups in total. The normalized spacial score (nSPS) is 25.2. The van der Waals surface area contributed by atoms with Crippen LogP contribution in [-0.4, -0.2) is 103 Å². The van der Waals surface area contributed by atoms with E-state index in [0.717, 1.165) is 25.9 Å². The summed E-state index contributed by atoms with van der Waals surface area (Å²) in [5.74, 6) is -1.88. The van der Waals surface area contributed by atoms with Crippen LogP contribution in [0.1, 0.15) is 43.5 Å². The minimum Gasteiger partial charge on any atom is -0.491 e. The average Bonchev–Trinajstić information content (AvgIpc) is 3.32. The summed E-state index contributed by atoms with van der Waals surface area (Å²) < 4.78 is 5.76. The molecule has 2 heterocycles. The van der Waals surface area contributed by atoms with Crippen molar-refractivity contribution in [1.29, 1.82) is 0 Å². The number of ether oxygens (including phenoxy) is 1. The van der Waals surface area contributed by atoms with Gasteiger partial charge in [0.15, 0.2) is 0 Å². The molecule has 1 saturated heterocycles. The molecule has 1 fully saturated rings. The van der Waals surface area contributed by atoms with Gasteiger partial charge in [-0.2, -0.15) is 0 Å². The number of carbonyl (C=O) groups is 4. The van der Waals surface area contributed by atoms with Crippen molar-refractivity contribution in [3.05, 3.63) is 29.8 Å². The van der Waals surface area contributed by atoms with Crippen LogP contribution in [0.15, 0.2) is 24.3 Å². The molecule has 0 bridgehead atoms. The number of aliphatic hydroxyl groups excluding tert-OH is 1. The first-order valence-corrected chi connectivity index (χ1v) is 12.5. The number of hydrogen-bond donors (Lipinski definition) is 4. The highest BCUT2D eigenvalue weighted by atomic mass is 16.5. The summed E-state index contributed by atoms with van der Waals surface area (Å²) >= 11 is 0. The minimum absolute atomic E-state index is 0.0895. The Morgan fingerprint density at radius 1 is 1.22 bits per heavy atom. The van der Waals surface area contributed by atoms with E-state index in [1.165, 1.54) is 18.9 Å². The molecule has 3 rings (SSSR count). The largest absolute Gasteiger partial charge is 0.491 e. The first kappa shape index (κ1) is 27.4. The zero-order valence-corrected chi connectivity index (χ0v) is 21.2. The quantitative estimate of drug-likeness (QED) is 0.424. The summed E-state index contributed by atoms with van der Waals surface area (Å²) in [4.78, 5) is 55.7. The van der Waals surface area contributed by atoms with Gasteiger partial charge in [0.25, 0.3) is 5.91 Å². The van der Waals surface area contributed by atoms with E-state index in [0.29, 0.717) is 12.3 Å². The van der Waals surface area contributed by atoms with Crippen molar-refractivity contribution in [1.82, 2.24) is 25.8 Å². The number of hydrogen-bond acceptors (Lipinski definition) is 7. The molecule has 0 aromatic heterocycles. The van der Waals surface area contributed by atoms with Crippen LogP contribution in [0.3, 0.4) is 0 Å². The third-order valence-corrected chi connectivity index (χ3v) is 6.69. The van der Waals surface area contributed by atoms with Gasteiger partial charge in [-0.25, -0.2) is 0 Å². The minimum atomic E-state index is -1.20. The van der Waals surface area contributed by atoms with Crippen molar-refractivity contribution >= 4 is 23.6 Å². The summed E-state index contributed by atoms with van der Waals surface area (Å²) in [6.45, 7) is 5.99. The Hall–Kier alpha value is -3.18. The van der Waals surface area contributed by atoms with Crippen molar-refractivity contribution in [2.75, 3.05) is 39.8 Å². The molecular weight excluding hydrogens is 466 g/mol. The first-order chi connectivity index (χ1) is 17.2. The highest BCUT2D eigenvalue weighted by molar-refractivity contribution is 6.01. The van der Waals surface area contributed by atoms with Crippen molar-refractivity contribution in [3.63, 3.8) is 0 Å². The number of aliphatic hydroxyl groups is 1. The van der Waals surface area contributed by atoms with E-state index in [1.807, 2.05) is 0 Å². The van der Waals surface area contributed by atoms with Crippen LogP contribution in [0.25, 0.3) is 0 Å². The molecule has 2 aliphatic rings. The van der Waals surface area contributed by atoms with Crippen molar-refractivity contribution in [2.45, 2.75) is 57.3 Å². The number of rotatable bonds is 5. The molecule has 0 saturated carbocycles. The van der Waals surface area contributed by atoms with E-state index in [2.05, 4.69) is 27.8 Å². The number of likely N-dealkylation sites (N-methyl/N-ethyl adjacent to an activating group) is 2. The fourth-order valence-electron chi connectivity index (χ4n) is 4.56. The molecule has 4 atom stereocenters. The summed E-state index contributed by atoms with van der Waals surface area (Å²) in [7, 11) is 1.54. The van der Waals surface area contributed by atoms with E-state index in [1.54, 1.807) is 24.3 Å². The third kappa shape index (κ3) is 6.94. The molecule has 11 heteroatoms.